The second-order valence-corrected chi connectivity index (χ2v) is 5.56. The Kier molecular flexibility index (Phi) is 5.25. The Hall–Kier alpha value is -2.35. The zero-order valence-electron chi connectivity index (χ0n) is 13.0. The van der Waals surface area contributed by atoms with Crippen molar-refractivity contribution in [1.82, 2.24) is 4.90 Å². The molecule has 1 aliphatic rings. The molecule has 0 aromatic heterocycles. The number of hydrogen-bond acceptors (Lipinski definition) is 4. The summed E-state index contributed by atoms with van der Waals surface area (Å²) in [6.45, 7) is 4.07. The third-order valence-corrected chi connectivity index (χ3v) is 3.98. The first-order valence-electron chi connectivity index (χ1n) is 7.87. The van der Waals surface area contributed by atoms with Gasteiger partial charge in [-0.05, 0) is 29.8 Å². The van der Waals surface area contributed by atoms with Gasteiger partial charge in [0.15, 0.2) is 0 Å². The lowest BCUT2D eigenvalue weighted by Crippen LogP contribution is -2.40. The topological polar surface area (TPSA) is 45.5 Å². The summed E-state index contributed by atoms with van der Waals surface area (Å²) in [6.07, 6.45) is 0.139. The summed E-state index contributed by atoms with van der Waals surface area (Å²) in [5, 5.41) is 8.78. The Morgan fingerprint density at radius 3 is 2.65 bits per heavy atom. The van der Waals surface area contributed by atoms with E-state index in [2.05, 4.69) is 23.1 Å². The SMILES string of the molecule is N#Cc1ccc(OCCN2CCOC(c3ccccc3)C2)cc1. The maximum Gasteiger partial charge on any atom is 0.119 e. The van der Waals surface area contributed by atoms with Crippen LogP contribution in [0.1, 0.15) is 17.2 Å². The number of hydrogen-bond donors (Lipinski definition) is 0. The molecule has 3 rings (SSSR count). The lowest BCUT2D eigenvalue weighted by molar-refractivity contribution is -0.0329. The van der Waals surface area contributed by atoms with E-state index in [-0.39, 0.29) is 6.10 Å². The summed E-state index contributed by atoms with van der Waals surface area (Å²) in [5.74, 6) is 0.803. The number of nitrogens with zero attached hydrogens (tertiary/aromatic N) is 2. The largest absolute Gasteiger partial charge is 0.492 e. The molecule has 2 aromatic rings. The van der Waals surface area contributed by atoms with E-state index in [4.69, 9.17) is 14.7 Å². The molecule has 1 unspecified atom stereocenters. The van der Waals surface area contributed by atoms with Crippen molar-refractivity contribution in [1.29, 1.82) is 5.26 Å². The van der Waals surface area contributed by atoms with E-state index >= 15 is 0 Å². The Balaban J connectivity index is 1.47. The number of rotatable bonds is 5. The minimum absolute atomic E-state index is 0.139. The van der Waals surface area contributed by atoms with Crippen LogP contribution in [0.2, 0.25) is 0 Å². The summed E-state index contributed by atoms with van der Waals surface area (Å²) >= 11 is 0. The number of benzene rings is 2. The van der Waals surface area contributed by atoms with Gasteiger partial charge in [-0.1, -0.05) is 30.3 Å². The van der Waals surface area contributed by atoms with Crippen molar-refractivity contribution in [2.45, 2.75) is 6.10 Å². The molecule has 2 aromatic carbocycles. The highest BCUT2D eigenvalue weighted by atomic mass is 16.5. The predicted molar refractivity (Wildman–Crippen MR) is 88.2 cm³/mol. The fraction of sp³-hybridized carbons (Fsp3) is 0.316. The van der Waals surface area contributed by atoms with Crippen molar-refractivity contribution >= 4 is 0 Å². The summed E-state index contributed by atoms with van der Waals surface area (Å²) in [5.41, 5.74) is 1.88. The van der Waals surface area contributed by atoms with Gasteiger partial charge in [0.05, 0.1) is 24.3 Å². The molecule has 23 heavy (non-hydrogen) atoms. The van der Waals surface area contributed by atoms with Gasteiger partial charge in [-0.25, -0.2) is 0 Å². The molecular weight excluding hydrogens is 288 g/mol. The average molecular weight is 308 g/mol. The van der Waals surface area contributed by atoms with Crippen LogP contribution in [0.15, 0.2) is 54.6 Å². The molecule has 4 heteroatoms. The fourth-order valence-corrected chi connectivity index (χ4v) is 2.69. The Labute approximate surface area is 136 Å². The molecule has 0 aliphatic carbocycles. The zero-order valence-corrected chi connectivity index (χ0v) is 13.0. The summed E-state index contributed by atoms with van der Waals surface area (Å²) < 4.78 is 11.6. The molecule has 0 bridgehead atoms. The monoisotopic (exact) mass is 308 g/mol. The Bertz CT molecular complexity index is 649. The third-order valence-electron chi connectivity index (χ3n) is 3.98. The van der Waals surface area contributed by atoms with E-state index < -0.39 is 0 Å². The third kappa shape index (κ3) is 4.32. The first-order chi connectivity index (χ1) is 11.3. The van der Waals surface area contributed by atoms with Gasteiger partial charge in [0.2, 0.25) is 0 Å². The molecule has 118 valence electrons. The molecule has 1 fully saturated rings. The lowest BCUT2D eigenvalue weighted by Gasteiger charge is -2.33. The summed E-state index contributed by atoms with van der Waals surface area (Å²) in [7, 11) is 0. The molecule has 0 N–H and O–H groups in total. The van der Waals surface area contributed by atoms with Gasteiger partial charge >= 0.3 is 0 Å². The molecule has 4 nitrogen and oxygen atoms in total. The molecule has 1 atom stereocenters. The van der Waals surface area contributed by atoms with Crippen LogP contribution < -0.4 is 4.74 Å². The average Bonchev–Trinajstić information content (AvgIpc) is 2.63. The molecule has 0 amide bonds. The first-order valence-corrected chi connectivity index (χ1v) is 7.87. The second kappa shape index (κ2) is 7.77. The van der Waals surface area contributed by atoms with E-state index in [0.717, 1.165) is 32.0 Å². The van der Waals surface area contributed by atoms with Crippen LogP contribution in [0, 0.1) is 11.3 Å². The highest BCUT2D eigenvalue weighted by molar-refractivity contribution is 5.34. The molecule has 0 saturated carbocycles. The molecule has 1 saturated heterocycles. The maximum absolute atomic E-state index is 8.78. The van der Waals surface area contributed by atoms with Crippen molar-refractivity contribution in [3.05, 3.63) is 65.7 Å². The molecule has 1 aliphatic heterocycles. The van der Waals surface area contributed by atoms with Crippen molar-refractivity contribution in [3.8, 4) is 11.8 Å². The molecular formula is C19H20N2O2. The highest BCUT2D eigenvalue weighted by Crippen LogP contribution is 2.21. The van der Waals surface area contributed by atoms with E-state index in [1.54, 1.807) is 12.1 Å². The van der Waals surface area contributed by atoms with E-state index in [1.165, 1.54) is 5.56 Å². The zero-order chi connectivity index (χ0) is 15.9. The Morgan fingerprint density at radius 2 is 1.91 bits per heavy atom. The van der Waals surface area contributed by atoms with Gasteiger partial charge in [0.1, 0.15) is 12.4 Å². The normalized spacial score (nSPS) is 18.3. The first kappa shape index (κ1) is 15.5. The van der Waals surface area contributed by atoms with Crippen LogP contribution in [0.3, 0.4) is 0 Å². The van der Waals surface area contributed by atoms with Gasteiger partial charge in [-0.3, -0.25) is 4.90 Å². The highest BCUT2D eigenvalue weighted by Gasteiger charge is 2.21. The minimum atomic E-state index is 0.139. The van der Waals surface area contributed by atoms with Crippen LogP contribution in [-0.4, -0.2) is 37.7 Å². The van der Waals surface area contributed by atoms with Crippen LogP contribution in [0.25, 0.3) is 0 Å². The van der Waals surface area contributed by atoms with Crippen LogP contribution in [-0.2, 0) is 4.74 Å². The van der Waals surface area contributed by atoms with Crippen LogP contribution >= 0.6 is 0 Å². The molecule has 0 spiro atoms. The van der Waals surface area contributed by atoms with E-state index in [9.17, 15) is 0 Å². The number of nitriles is 1. The van der Waals surface area contributed by atoms with Crippen molar-refractivity contribution in [2.24, 2.45) is 0 Å². The Morgan fingerprint density at radius 1 is 1.13 bits per heavy atom. The number of ether oxygens (including phenoxy) is 2. The standard InChI is InChI=1S/C19H20N2O2/c20-14-16-6-8-18(9-7-16)22-12-10-21-11-13-23-19(15-21)17-4-2-1-3-5-17/h1-9,19H,10-13,15H2. The second-order valence-electron chi connectivity index (χ2n) is 5.56. The maximum atomic E-state index is 8.78. The van der Waals surface area contributed by atoms with Gasteiger partial charge in [-0.15, -0.1) is 0 Å². The van der Waals surface area contributed by atoms with Crippen molar-refractivity contribution < 1.29 is 9.47 Å². The van der Waals surface area contributed by atoms with Crippen LogP contribution in [0.5, 0.6) is 5.75 Å². The molecule has 1 heterocycles. The number of morpholine rings is 1. The van der Waals surface area contributed by atoms with E-state index in [0.29, 0.717) is 12.2 Å². The lowest BCUT2D eigenvalue weighted by atomic mass is 10.1. The van der Waals surface area contributed by atoms with Crippen molar-refractivity contribution in [2.75, 3.05) is 32.8 Å². The minimum Gasteiger partial charge on any atom is -0.492 e. The summed E-state index contributed by atoms with van der Waals surface area (Å²) in [6, 6.07) is 19.7. The van der Waals surface area contributed by atoms with Gasteiger partial charge in [0, 0.05) is 19.6 Å². The van der Waals surface area contributed by atoms with Gasteiger partial charge < -0.3 is 9.47 Å². The predicted octanol–water partition coefficient (Wildman–Crippen LogP) is 3.01. The quantitative estimate of drug-likeness (QED) is 0.852. The fourth-order valence-electron chi connectivity index (χ4n) is 2.69. The molecule has 0 radical (unpaired) electrons. The van der Waals surface area contributed by atoms with E-state index in [1.807, 2.05) is 30.3 Å². The smallest absolute Gasteiger partial charge is 0.119 e. The van der Waals surface area contributed by atoms with Crippen LogP contribution in [0.4, 0.5) is 0 Å². The van der Waals surface area contributed by atoms with Crippen molar-refractivity contribution in [3.63, 3.8) is 0 Å². The van der Waals surface area contributed by atoms with Gasteiger partial charge in [-0.2, -0.15) is 5.26 Å². The summed E-state index contributed by atoms with van der Waals surface area (Å²) in [4.78, 5) is 2.37. The van der Waals surface area contributed by atoms with Gasteiger partial charge in [0.25, 0.3) is 0 Å².